The van der Waals surface area contributed by atoms with Crippen molar-refractivity contribution >= 4 is 23.4 Å². The number of rotatable bonds is 6. The Labute approximate surface area is 153 Å². The van der Waals surface area contributed by atoms with E-state index in [2.05, 4.69) is 4.74 Å². The second-order valence-electron chi connectivity index (χ2n) is 6.21. The predicted octanol–water partition coefficient (Wildman–Crippen LogP) is 2.35. The largest absolute Gasteiger partial charge is 0.469 e. The van der Waals surface area contributed by atoms with Crippen LogP contribution in [0.4, 0.5) is 16.2 Å². The number of nitrogens with zero attached hydrogens (tertiary/aromatic N) is 2. The molecule has 0 atom stereocenters. The summed E-state index contributed by atoms with van der Waals surface area (Å²) in [6.07, 6.45) is 1.06. The van der Waals surface area contributed by atoms with Gasteiger partial charge in [0.2, 0.25) is 0 Å². The average Bonchev–Trinajstić information content (AvgIpc) is 3.04. The molecule has 0 radical (unpaired) electrons. The van der Waals surface area contributed by atoms with Crippen molar-refractivity contribution in [3.05, 3.63) is 59.7 Å². The maximum atomic E-state index is 12.8. The van der Waals surface area contributed by atoms with Crippen molar-refractivity contribution in [1.82, 2.24) is 0 Å². The molecular formula is C20H23N3O3. The van der Waals surface area contributed by atoms with Gasteiger partial charge in [-0.15, -0.1) is 0 Å². The molecule has 136 valence electrons. The van der Waals surface area contributed by atoms with Gasteiger partial charge in [-0.2, -0.15) is 0 Å². The molecule has 2 aromatic carbocycles. The van der Waals surface area contributed by atoms with E-state index in [1.165, 1.54) is 12.7 Å². The van der Waals surface area contributed by atoms with E-state index in [-0.39, 0.29) is 18.4 Å². The van der Waals surface area contributed by atoms with Crippen molar-refractivity contribution < 1.29 is 14.3 Å². The van der Waals surface area contributed by atoms with E-state index in [1.807, 2.05) is 48.5 Å². The zero-order valence-electron chi connectivity index (χ0n) is 14.9. The van der Waals surface area contributed by atoms with Gasteiger partial charge in [-0.3, -0.25) is 14.6 Å². The minimum Gasteiger partial charge on any atom is -0.469 e. The number of nitrogens with two attached hydrogens (primary N) is 1. The molecule has 0 aliphatic carbocycles. The molecule has 0 bridgehead atoms. The van der Waals surface area contributed by atoms with E-state index >= 15 is 0 Å². The first-order valence-electron chi connectivity index (χ1n) is 8.66. The minimum absolute atomic E-state index is 0.0442. The molecule has 6 nitrogen and oxygen atoms in total. The fourth-order valence-corrected chi connectivity index (χ4v) is 3.06. The summed E-state index contributed by atoms with van der Waals surface area (Å²) in [6.45, 7) is 1.88. The number of hydrogen-bond donors (Lipinski definition) is 1. The van der Waals surface area contributed by atoms with Crippen LogP contribution in [-0.4, -0.2) is 38.7 Å². The van der Waals surface area contributed by atoms with Crippen LogP contribution in [0.3, 0.4) is 0 Å². The lowest BCUT2D eigenvalue weighted by molar-refractivity contribution is -0.139. The van der Waals surface area contributed by atoms with Gasteiger partial charge >= 0.3 is 12.0 Å². The fourth-order valence-electron chi connectivity index (χ4n) is 3.06. The summed E-state index contributed by atoms with van der Waals surface area (Å²) >= 11 is 0. The van der Waals surface area contributed by atoms with E-state index in [0.29, 0.717) is 19.6 Å². The highest BCUT2D eigenvalue weighted by Gasteiger charge is 2.30. The van der Waals surface area contributed by atoms with Crippen molar-refractivity contribution in [2.24, 2.45) is 5.73 Å². The topological polar surface area (TPSA) is 75.9 Å². The maximum absolute atomic E-state index is 12.8. The quantitative estimate of drug-likeness (QED) is 0.809. The molecule has 1 saturated heterocycles. The average molecular weight is 353 g/mol. The van der Waals surface area contributed by atoms with Crippen molar-refractivity contribution in [1.29, 1.82) is 0 Å². The summed E-state index contributed by atoms with van der Waals surface area (Å²) in [5, 5.41) is 0. The summed E-state index contributed by atoms with van der Waals surface area (Å²) < 4.78 is 4.67. The van der Waals surface area contributed by atoms with Gasteiger partial charge < -0.3 is 10.5 Å². The Hall–Kier alpha value is -2.86. The van der Waals surface area contributed by atoms with Crippen molar-refractivity contribution in [3.63, 3.8) is 0 Å². The third-order valence-electron chi connectivity index (χ3n) is 4.51. The van der Waals surface area contributed by atoms with Gasteiger partial charge in [0.05, 0.1) is 13.5 Å². The van der Waals surface area contributed by atoms with Gasteiger partial charge in [-0.25, -0.2) is 4.79 Å². The van der Waals surface area contributed by atoms with Crippen LogP contribution in [0.2, 0.25) is 0 Å². The van der Waals surface area contributed by atoms with Gasteiger partial charge in [-0.05, 0) is 48.4 Å². The standard InChI is InChI=1S/C20H23N3O3/c1-26-19(24)14-16-4-8-18(9-5-16)23-13-12-22(20(23)25)17-6-2-15(3-7-17)10-11-21/h2-9H,10-14,21H2,1H3. The smallest absolute Gasteiger partial charge is 0.329 e. The van der Waals surface area contributed by atoms with E-state index in [1.54, 1.807) is 9.80 Å². The van der Waals surface area contributed by atoms with Gasteiger partial charge in [-0.1, -0.05) is 24.3 Å². The molecule has 0 spiro atoms. The molecule has 0 aromatic heterocycles. The second-order valence-corrected chi connectivity index (χ2v) is 6.21. The van der Waals surface area contributed by atoms with E-state index in [0.717, 1.165) is 23.4 Å². The molecule has 1 fully saturated rings. The van der Waals surface area contributed by atoms with E-state index in [9.17, 15) is 9.59 Å². The minimum atomic E-state index is -0.278. The van der Waals surface area contributed by atoms with Gasteiger partial charge in [0.25, 0.3) is 0 Å². The Balaban J connectivity index is 1.69. The molecule has 0 saturated carbocycles. The summed E-state index contributed by atoms with van der Waals surface area (Å²) in [4.78, 5) is 27.6. The number of benzene rings is 2. The van der Waals surface area contributed by atoms with Crippen LogP contribution in [0.1, 0.15) is 11.1 Å². The van der Waals surface area contributed by atoms with Crippen LogP contribution in [0.25, 0.3) is 0 Å². The van der Waals surface area contributed by atoms with Crippen LogP contribution in [0.15, 0.2) is 48.5 Å². The first-order chi connectivity index (χ1) is 12.6. The molecule has 1 aliphatic rings. The fraction of sp³-hybridized carbons (Fsp3) is 0.300. The predicted molar refractivity (Wildman–Crippen MR) is 101 cm³/mol. The lowest BCUT2D eigenvalue weighted by atomic mass is 10.1. The number of urea groups is 1. The lowest BCUT2D eigenvalue weighted by Gasteiger charge is -2.19. The molecule has 3 rings (SSSR count). The zero-order valence-corrected chi connectivity index (χ0v) is 14.9. The third-order valence-corrected chi connectivity index (χ3v) is 4.51. The lowest BCUT2D eigenvalue weighted by Crippen LogP contribution is -2.31. The molecule has 2 N–H and O–H groups in total. The molecule has 1 aliphatic heterocycles. The number of carbonyl (C=O) groups excluding carboxylic acids is 2. The Morgan fingerprint density at radius 2 is 1.46 bits per heavy atom. The van der Waals surface area contributed by atoms with Crippen molar-refractivity contribution in [2.45, 2.75) is 12.8 Å². The third kappa shape index (κ3) is 3.86. The highest BCUT2D eigenvalue weighted by Crippen LogP contribution is 2.26. The number of anilines is 2. The number of ether oxygens (including phenoxy) is 1. The molecule has 1 heterocycles. The SMILES string of the molecule is COC(=O)Cc1ccc(N2CCN(c3ccc(CCN)cc3)C2=O)cc1. The van der Waals surface area contributed by atoms with E-state index in [4.69, 9.17) is 5.73 Å². The van der Waals surface area contributed by atoms with Crippen LogP contribution in [-0.2, 0) is 22.4 Å². The highest BCUT2D eigenvalue weighted by atomic mass is 16.5. The molecule has 0 unspecified atom stereocenters. The molecule has 26 heavy (non-hydrogen) atoms. The summed E-state index contributed by atoms with van der Waals surface area (Å²) in [5.41, 5.74) is 9.32. The van der Waals surface area contributed by atoms with Gasteiger partial charge in [0, 0.05) is 24.5 Å². The van der Waals surface area contributed by atoms with Gasteiger partial charge in [0.15, 0.2) is 0 Å². The number of hydrogen-bond acceptors (Lipinski definition) is 4. The second kappa shape index (κ2) is 8.01. The van der Waals surface area contributed by atoms with Gasteiger partial charge in [0.1, 0.15) is 0 Å². The summed E-state index contributed by atoms with van der Waals surface area (Å²) in [6, 6.07) is 15.3. The first kappa shape index (κ1) is 17.9. The first-order valence-corrected chi connectivity index (χ1v) is 8.66. The number of amides is 2. The zero-order chi connectivity index (χ0) is 18.5. The van der Waals surface area contributed by atoms with Crippen molar-refractivity contribution in [2.75, 3.05) is 36.5 Å². The van der Waals surface area contributed by atoms with Crippen LogP contribution < -0.4 is 15.5 Å². The Bertz CT molecular complexity index is 772. The Morgan fingerprint density at radius 1 is 0.962 bits per heavy atom. The molecule has 6 heteroatoms. The Kier molecular flexibility index (Phi) is 5.53. The number of esters is 1. The van der Waals surface area contributed by atoms with Crippen LogP contribution in [0, 0.1) is 0 Å². The molecule has 2 aromatic rings. The van der Waals surface area contributed by atoms with Crippen LogP contribution in [0.5, 0.6) is 0 Å². The maximum Gasteiger partial charge on any atom is 0.329 e. The van der Waals surface area contributed by atoms with Crippen molar-refractivity contribution in [3.8, 4) is 0 Å². The number of carbonyl (C=O) groups is 2. The van der Waals surface area contributed by atoms with E-state index < -0.39 is 0 Å². The Morgan fingerprint density at radius 3 is 1.92 bits per heavy atom. The summed E-state index contributed by atoms with van der Waals surface area (Å²) in [5.74, 6) is -0.278. The molecular weight excluding hydrogens is 330 g/mol. The summed E-state index contributed by atoms with van der Waals surface area (Å²) in [7, 11) is 1.37. The normalized spacial score (nSPS) is 14.0. The molecule has 2 amide bonds. The monoisotopic (exact) mass is 353 g/mol. The number of methoxy groups -OCH3 is 1. The van der Waals surface area contributed by atoms with Crippen LogP contribution >= 0.6 is 0 Å². The highest BCUT2D eigenvalue weighted by molar-refractivity contribution is 6.06.